The number of aliphatic hydroxyl groups excluding tert-OH is 20. The molecule has 0 aromatic rings. The van der Waals surface area contributed by atoms with Gasteiger partial charge in [-0.15, -0.1) is 0 Å². The molecule has 6 aliphatic heterocycles. The van der Waals surface area contributed by atoms with Crippen LogP contribution in [0.1, 0.15) is 26.7 Å². The molecular formula is C50H83N3O39. The fourth-order valence-electron chi connectivity index (χ4n) is 11.3. The third-order valence-electron chi connectivity index (χ3n) is 16.1. The predicted octanol–water partition coefficient (Wildman–Crippen LogP) is -16.3. The molecule has 0 bridgehead atoms. The summed E-state index contributed by atoms with van der Waals surface area (Å²) in [5, 5.41) is 246. The van der Waals surface area contributed by atoms with Crippen LogP contribution in [0.2, 0.25) is 0 Å². The second kappa shape index (κ2) is 33.4. The second-order valence-electron chi connectivity index (χ2n) is 22.6. The molecule has 0 unspecified atom stereocenters. The fraction of sp³-hybridized carbons (Fsp3) is 0.900. The fourth-order valence-corrected chi connectivity index (χ4v) is 11.3. The quantitative estimate of drug-likeness (QED) is 0.0297. The van der Waals surface area contributed by atoms with Crippen LogP contribution in [0.3, 0.4) is 0 Å². The molecule has 25 N–H and O–H groups in total. The molecule has 92 heavy (non-hydrogen) atoms. The summed E-state index contributed by atoms with van der Waals surface area (Å²) in [6.45, 7) is -6.82. The van der Waals surface area contributed by atoms with Crippen LogP contribution in [-0.4, -0.2) is 397 Å². The van der Waals surface area contributed by atoms with E-state index in [2.05, 4.69) is 16.0 Å². The van der Waals surface area contributed by atoms with Crippen molar-refractivity contribution >= 4 is 30.2 Å². The highest BCUT2D eigenvalue weighted by Gasteiger charge is 2.64. The maximum absolute atomic E-state index is 13.5. The van der Waals surface area contributed by atoms with Crippen molar-refractivity contribution in [3.05, 3.63) is 0 Å². The molecule has 6 aliphatic rings. The highest BCUT2D eigenvalue weighted by atomic mass is 16.8. The SMILES string of the molecule is CC(=O)N[C@H]1[C@H](O[C@@H]2[C@H](O[C@]3(C(=O)O)C[C@H](O)[C@@H](O)[C@H]([C@H](O)[C@H](O)CO)O3)[C@@H](O)[C@H](O[C@H]3[C@H](O)[C@@H](O)[C@H](OC[C@@H](CO)NC=O)O[C@@H]3CO)O[C@@H]2CO)O[C@H](CO)[C@H](O)[C@@H]1O[C@@H]1O[C@H](CO)[C@H](O)[C@H](O[C@]2(C(=O)O)C[C@H](O)[C@@H](NC(C)=O)[C@H]([C@H](O)[C@H](O)CO)O2)[C@H]1O. The number of hydrogen-bond acceptors (Lipinski definition) is 37. The zero-order valence-corrected chi connectivity index (χ0v) is 48.8. The Morgan fingerprint density at radius 3 is 1.43 bits per heavy atom. The largest absolute Gasteiger partial charge is 0.477 e. The lowest BCUT2D eigenvalue weighted by atomic mass is 9.88. The number of carboxylic acids is 2. The van der Waals surface area contributed by atoms with Gasteiger partial charge in [0.2, 0.25) is 18.2 Å². The van der Waals surface area contributed by atoms with Crippen LogP contribution in [-0.2, 0) is 80.8 Å². The van der Waals surface area contributed by atoms with Crippen molar-refractivity contribution in [1.29, 1.82) is 0 Å². The summed E-state index contributed by atoms with van der Waals surface area (Å²) >= 11 is 0. The Balaban J connectivity index is 1.40. The Kier molecular flexibility index (Phi) is 27.9. The number of carbonyl (C=O) groups is 5. The lowest BCUT2D eigenvalue weighted by Crippen LogP contribution is -2.72. The van der Waals surface area contributed by atoms with E-state index in [4.69, 9.17) is 56.8 Å². The zero-order chi connectivity index (χ0) is 68.6. The molecule has 33 atom stereocenters. The summed E-state index contributed by atoms with van der Waals surface area (Å²) in [6.07, 6.45) is -65.6. The first-order valence-electron chi connectivity index (χ1n) is 28.6. The molecule has 0 radical (unpaired) electrons. The summed E-state index contributed by atoms with van der Waals surface area (Å²) in [6, 6.07) is -4.95. The molecule has 0 spiro atoms. The normalized spacial score (nSPS) is 43.5. The number of carboxylic acid groups (broad SMARTS) is 2. The molecule has 0 aromatic carbocycles. The number of aliphatic hydroxyl groups is 20. The van der Waals surface area contributed by atoms with Crippen molar-refractivity contribution in [2.45, 2.75) is 228 Å². The topological polar surface area (TPSA) is 677 Å². The number of aliphatic carboxylic acids is 2. The molecule has 0 saturated carbocycles. The minimum Gasteiger partial charge on any atom is -0.477 e. The van der Waals surface area contributed by atoms with Crippen LogP contribution in [0.15, 0.2) is 0 Å². The van der Waals surface area contributed by atoms with Gasteiger partial charge in [0.05, 0.1) is 77.1 Å². The van der Waals surface area contributed by atoms with E-state index in [1.54, 1.807) is 0 Å². The minimum atomic E-state index is -3.48. The van der Waals surface area contributed by atoms with Gasteiger partial charge < -0.3 is 185 Å². The number of amides is 3. The molecule has 42 heteroatoms. The van der Waals surface area contributed by atoms with E-state index >= 15 is 0 Å². The third kappa shape index (κ3) is 16.9. The van der Waals surface area contributed by atoms with Gasteiger partial charge in [-0.3, -0.25) is 14.4 Å². The summed E-state index contributed by atoms with van der Waals surface area (Å²) in [7, 11) is 0. The average molecular weight is 1350 g/mol. The van der Waals surface area contributed by atoms with Crippen molar-refractivity contribution in [1.82, 2.24) is 16.0 Å². The Labute approximate surface area is 519 Å². The summed E-state index contributed by atoms with van der Waals surface area (Å²) in [5.74, 6) is -13.1. The minimum absolute atomic E-state index is 0.213. The number of rotatable bonds is 30. The molecule has 6 heterocycles. The molecule has 532 valence electrons. The van der Waals surface area contributed by atoms with Crippen LogP contribution in [0, 0.1) is 0 Å². The van der Waals surface area contributed by atoms with E-state index in [1.807, 2.05) is 0 Å². The van der Waals surface area contributed by atoms with E-state index in [0.29, 0.717) is 0 Å². The maximum Gasteiger partial charge on any atom is 0.364 e. The van der Waals surface area contributed by atoms with Gasteiger partial charge in [0, 0.05) is 26.7 Å². The molecular weight excluding hydrogens is 1270 g/mol. The van der Waals surface area contributed by atoms with Gasteiger partial charge in [0.25, 0.3) is 11.6 Å². The summed E-state index contributed by atoms with van der Waals surface area (Å²) in [5.41, 5.74) is 0. The first-order valence-corrected chi connectivity index (χ1v) is 28.6. The van der Waals surface area contributed by atoms with E-state index in [0.717, 1.165) is 13.8 Å². The van der Waals surface area contributed by atoms with Crippen LogP contribution < -0.4 is 16.0 Å². The van der Waals surface area contributed by atoms with Crippen LogP contribution in [0.25, 0.3) is 0 Å². The Morgan fingerprint density at radius 2 is 0.924 bits per heavy atom. The van der Waals surface area contributed by atoms with Gasteiger partial charge in [-0.05, 0) is 0 Å². The smallest absolute Gasteiger partial charge is 0.364 e. The van der Waals surface area contributed by atoms with Crippen LogP contribution in [0.5, 0.6) is 0 Å². The average Bonchev–Trinajstić information content (AvgIpc) is 0.782. The molecule has 6 rings (SSSR count). The van der Waals surface area contributed by atoms with Gasteiger partial charge >= 0.3 is 11.9 Å². The highest BCUT2D eigenvalue weighted by molar-refractivity contribution is 5.77. The number of ether oxygens (including phenoxy) is 12. The standard InChI is InChI=1S/C50H83N3O39/c1-14(62)52-25-17(64)3-49(47(77)78,89-39(25)28(69)19(66)6-55)91-41-31(72)22(9-58)83-45(34(41)75)88-38-26(53-15(2)63)43(82-21(8-57)30(38)71)87-37-24(11-60)85-46(86-36-23(10-59)84-44(33(74)32(36)73)81-12-16(5-54)51-13-61)35(76)42(37)92-50(48(79)80)4-18(65)27(68)40(90-50)29(70)20(67)7-56/h13,16-46,54-60,64-76H,3-12H2,1-2H3,(H,51,61)(H,52,62)(H,53,63)(H,77,78)(H,79,80)/t16-,17+,18+,19-,20-,21-,22-,23-,24-,25-,26-,27-,28-,29-,30+,31+,32-,33-,34-,35-,36-,37+,38-,39-,40-,41+,42-,43+,44-,45+,46+,49+,50+/m1/s1. The molecule has 0 aliphatic carbocycles. The first kappa shape index (κ1) is 77.1. The molecule has 6 saturated heterocycles. The molecule has 6 fully saturated rings. The van der Waals surface area contributed by atoms with Gasteiger partial charge in [-0.2, -0.15) is 0 Å². The first-order chi connectivity index (χ1) is 43.4. The van der Waals surface area contributed by atoms with Crippen LogP contribution in [0.4, 0.5) is 0 Å². The summed E-state index contributed by atoms with van der Waals surface area (Å²) < 4.78 is 69.6. The zero-order valence-electron chi connectivity index (χ0n) is 48.8. The van der Waals surface area contributed by atoms with Crippen molar-refractivity contribution in [2.24, 2.45) is 0 Å². The lowest BCUT2D eigenvalue weighted by Gasteiger charge is -2.52. The van der Waals surface area contributed by atoms with E-state index in [-0.39, 0.29) is 6.41 Å². The van der Waals surface area contributed by atoms with Crippen LogP contribution >= 0.6 is 0 Å². The summed E-state index contributed by atoms with van der Waals surface area (Å²) in [4.78, 5) is 63.1. The molecule has 42 nitrogen and oxygen atoms in total. The van der Waals surface area contributed by atoms with Crippen molar-refractivity contribution in [3.63, 3.8) is 0 Å². The Morgan fingerprint density at radius 1 is 0.489 bits per heavy atom. The van der Waals surface area contributed by atoms with Gasteiger partial charge in [0.1, 0.15) is 140 Å². The van der Waals surface area contributed by atoms with E-state index in [9.17, 15) is 136 Å². The number of carbonyl (C=O) groups excluding carboxylic acids is 3. The third-order valence-corrected chi connectivity index (χ3v) is 16.1. The van der Waals surface area contributed by atoms with Gasteiger partial charge in [0.15, 0.2) is 25.2 Å². The second-order valence-corrected chi connectivity index (χ2v) is 22.6. The number of nitrogens with one attached hydrogen (secondary N) is 3. The lowest BCUT2D eigenvalue weighted by molar-refractivity contribution is -0.407. The van der Waals surface area contributed by atoms with E-state index in [1.165, 1.54) is 0 Å². The monoisotopic (exact) mass is 1350 g/mol. The highest BCUT2D eigenvalue weighted by Crippen LogP contribution is 2.42. The Hall–Kier alpha value is -3.93. The Bertz CT molecular complexity index is 2380. The van der Waals surface area contributed by atoms with Gasteiger partial charge in [-0.1, -0.05) is 0 Å². The van der Waals surface area contributed by atoms with E-state index < -0.39 is 291 Å². The van der Waals surface area contributed by atoms with Crippen molar-refractivity contribution in [2.75, 3.05) is 52.9 Å². The number of hydrogen-bond donors (Lipinski definition) is 25. The molecule has 3 amide bonds. The van der Waals surface area contributed by atoms with Crippen molar-refractivity contribution < 1.29 is 193 Å². The predicted molar refractivity (Wildman–Crippen MR) is 281 cm³/mol. The molecule has 0 aromatic heterocycles. The van der Waals surface area contributed by atoms with Crippen molar-refractivity contribution in [3.8, 4) is 0 Å². The maximum atomic E-state index is 13.5. The van der Waals surface area contributed by atoms with Gasteiger partial charge in [-0.25, -0.2) is 9.59 Å².